The van der Waals surface area contributed by atoms with Gasteiger partial charge in [-0.1, -0.05) is 0 Å². The van der Waals surface area contributed by atoms with E-state index in [9.17, 15) is 4.79 Å². The summed E-state index contributed by atoms with van der Waals surface area (Å²) in [7, 11) is 0. The normalized spacial score (nSPS) is 10.6. The molecule has 1 aromatic rings. The molecule has 0 fully saturated rings. The van der Waals surface area contributed by atoms with Crippen LogP contribution in [0.25, 0.3) is 0 Å². The average Bonchev–Trinajstić information content (AvgIpc) is 2.28. The van der Waals surface area contributed by atoms with E-state index in [-0.39, 0.29) is 5.56 Å². The van der Waals surface area contributed by atoms with Crippen LogP contribution in [0.1, 0.15) is 6.92 Å². The molecular formula is C11H18N2O3. The Morgan fingerprint density at radius 2 is 2.00 bits per heavy atom. The molecule has 0 amide bonds. The molecule has 5 nitrogen and oxygen atoms in total. The lowest BCUT2D eigenvalue weighted by Crippen LogP contribution is -2.21. The van der Waals surface area contributed by atoms with Crippen molar-refractivity contribution in [3.05, 3.63) is 28.7 Å². The van der Waals surface area contributed by atoms with Gasteiger partial charge in [0.05, 0.1) is 19.8 Å². The molecule has 0 aromatic carbocycles. The molecule has 1 heterocycles. The maximum atomic E-state index is 11.4. The number of nitrogens with zero attached hydrogens (tertiary/aromatic N) is 1. The van der Waals surface area contributed by atoms with E-state index >= 15 is 0 Å². The molecule has 0 atom stereocenters. The summed E-state index contributed by atoms with van der Waals surface area (Å²) < 4.78 is 12.0. The van der Waals surface area contributed by atoms with Crippen molar-refractivity contribution in [3.63, 3.8) is 0 Å². The highest BCUT2D eigenvalue weighted by Gasteiger charge is 1.96. The molecule has 0 saturated heterocycles. The second kappa shape index (κ2) is 7.03. The number of nitrogens with two attached hydrogens (primary N) is 1. The van der Waals surface area contributed by atoms with Crippen molar-refractivity contribution in [1.29, 1.82) is 0 Å². The van der Waals surface area contributed by atoms with Crippen LogP contribution in [0.5, 0.6) is 0 Å². The smallest absolute Gasteiger partial charge is 0.250 e. The second-order valence-corrected chi connectivity index (χ2v) is 3.30. The molecule has 1 aromatic heterocycles. The summed E-state index contributed by atoms with van der Waals surface area (Å²) in [5, 5.41) is 0. The molecule has 0 aliphatic rings. The first-order valence-corrected chi connectivity index (χ1v) is 5.35. The summed E-state index contributed by atoms with van der Waals surface area (Å²) in [4.78, 5) is 11.4. The zero-order valence-corrected chi connectivity index (χ0v) is 9.52. The SMILES string of the molecule is CCOCCOCCn1cc(N)ccc1=O. The quantitative estimate of drug-likeness (QED) is 0.687. The number of hydrogen-bond donors (Lipinski definition) is 1. The molecule has 0 bridgehead atoms. The minimum atomic E-state index is -0.0670. The first kappa shape index (κ1) is 12.7. The number of hydrogen-bond acceptors (Lipinski definition) is 4. The van der Waals surface area contributed by atoms with Gasteiger partial charge >= 0.3 is 0 Å². The Morgan fingerprint density at radius 1 is 1.25 bits per heavy atom. The fraction of sp³-hybridized carbons (Fsp3) is 0.545. The summed E-state index contributed by atoms with van der Waals surface area (Å²) in [6.07, 6.45) is 1.62. The van der Waals surface area contributed by atoms with Crippen molar-refractivity contribution in [2.24, 2.45) is 0 Å². The molecule has 0 unspecified atom stereocenters. The van der Waals surface area contributed by atoms with Gasteiger partial charge in [-0.3, -0.25) is 4.79 Å². The Morgan fingerprint density at radius 3 is 2.75 bits per heavy atom. The van der Waals surface area contributed by atoms with Crippen LogP contribution < -0.4 is 11.3 Å². The summed E-state index contributed by atoms with van der Waals surface area (Å²) >= 11 is 0. The van der Waals surface area contributed by atoms with E-state index in [1.165, 1.54) is 10.6 Å². The van der Waals surface area contributed by atoms with E-state index in [0.717, 1.165) is 0 Å². The third-order valence-corrected chi connectivity index (χ3v) is 2.06. The van der Waals surface area contributed by atoms with Gasteiger partial charge in [0.2, 0.25) is 0 Å². The van der Waals surface area contributed by atoms with E-state index in [0.29, 0.717) is 38.7 Å². The lowest BCUT2D eigenvalue weighted by atomic mass is 10.4. The molecule has 0 aliphatic heterocycles. The highest BCUT2D eigenvalue weighted by Crippen LogP contribution is 1.95. The lowest BCUT2D eigenvalue weighted by Gasteiger charge is -2.07. The highest BCUT2D eigenvalue weighted by molar-refractivity contribution is 5.33. The van der Waals surface area contributed by atoms with Gasteiger partial charge in [-0.05, 0) is 13.0 Å². The molecule has 5 heteroatoms. The predicted molar refractivity (Wildman–Crippen MR) is 62.4 cm³/mol. The van der Waals surface area contributed by atoms with Gasteiger partial charge < -0.3 is 19.8 Å². The summed E-state index contributed by atoms with van der Waals surface area (Å²) in [6.45, 7) is 4.75. The minimum absolute atomic E-state index is 0.0670. The number of rotatable bonds is 7. The number of anilines is 1. The van der Waals surface area contributed by atoms with E-state index in [1.807, 2.05) is 6.92 Å². The Bertz CT molecular complexity index is 362. The number of aromatic nitrogens is 1. The van der Waals surface area contributed by atoms with E-state index < -0.39 is 0 Å². The Hall–Kier alpha value is -1.33. The molecule has 0 spiro atoms. The minimum Gasteiger partial charge on any atom is -0.398 e. The van der Waals surface area contributed by atoms with Crippen LogP contribution in [0.3, 0.4) is 0 Å². The van der Waals surface area contributed by atoms with Crippen LogP contribution in [0.15, 0.2) is 23.1 Å². The Kier molecular flexibility index (Phi) is 5.60. The average molecular weight is 226 g/mol. The fourth-order valence-electron chi connectivity index (χ4n) is 1.25. The van der Waals surface area contributed by atoms with Crippen molar-refractivity contribution >= 4 is 5.69 Å². The number of ether oxygens (including phenoxy) is 2. The van der Waals surface area contributed by atoms with Crippen molar-refractivity contribution in [2.45, 2.75) is 13.5 Å². The van der Waals surface area contributed by atoms with Crippen molar-refractivity contribution in [3.8, 4) is 0 Å². The topological polar surface area (TPSA) is 66.5 Å². The van der Waals surface area contributed by atoms with E-state index in [1.54, 1.807) is 12.3 Å². The Balaban J connectivity index is 2.26. The van der Waals surface area contributed by atoms with Gasteiger partial charge in [-0.2, -0.15) is 0 Å². The van der Waals surface area contributed by atoms with E-state index in [4.69, 9.17) is 15.2 Å². The zero-order chi connectivity index (χ0) is 11.8. The summed E-state index contributed by atoms with van der Waals surface area (Å²) in [5.41, 5.74) is 6.09. The second-order valence-electron chi connectivity index (χ2n) is 3.30. The maximum absolute atomic E-state index is 11.4. The van der Waals surface area contributed by atoms with Crippen molar-refractivity contribution in [2.75, 3.05) is 32.2 Å². The molecule has 2 N–H and O–H groups in total. The molecule has 0 radical (unpaired) electrons. The number of pyridine rings is 1. The van der Waals surface area contributed by atoms with Crippen molar-refractivity contribution in [1.82, 2.24) is 4.57 Å². The largest absolute Gasteiger partial charge is 0.398 e. The molecular weight excluding hydrogens is 208 g/mol. The van der Waals surface area contributed by atoms with Crippen LogP contribution in [0.4, 0.5) is 5.69 Å². The van der Waals surface area contributed by atoms with Crippen LogP contribution >= 0.6 is 0 Å². The van der Waals surface area contributed by atoms with Gasteiger partial charge in [0.15, 0.2) is 0 Å². The zero-order valence-electron chi connectivity index (χ0n) is 9.52. The van der Waals surface area contributed by atoms with Gasteiger partial charge in [0, 0.05) is 31.1 Å². The van der Waals surface area contributed by atoms with Gasteiger partial charge in [-0.15, -0.1) is 0 Å². The van der Waals surface area contributed by atoms with Crippen LogP contribution in [0.2, 0.25) is 0 Å². The highest BCUT2D eigenvalue weighted by atomic mass is 16.5. The fourth-order valence-corrected chi connectivity index (χ4v) is 1.25. The first-order chi connectivity index (χ1) is 7.74. The van der Waals surface area contributed by atoms with Crippen LogP contribution in [-0.4, -0.2) is 31.0 Å². The van der Waals surface area contributed by atoms with Crippen molar-refractivity contribution < 1.29 is 9.47 Å². The third kappa shape index (κ3) is 4.46. The summed E-state index contributed by atoms with van der Waals surface area (Å²) in [5.74, 6) is 0. The van der Waals surface area contributed by atoms with Crippen LogP contribution in [-0.2, 0) is 16.0 Å². The third-order valence-electron chi connectivity index (χ3n) is 2.06. The maximum Gasteiger partial charge on any atom is 0.250 e. The van der Waals surface area contributed by atoms with Gasteiger partial charge in [0.25, 0.3) is 5.56 Å². The molecule has 0 aliphatic carbocycles. The van der Waals surface area contributed by atoms with Gasteiger partial charge in [0.1, 0.15) is 0 Å². The molecule has 0 saturated carbocycles. The van der Waals surface area contributed by atoms with Crippen LogP contribution in [0, 0.1) is 0 Å². The Labute approximate surface area is 94.8 Å². The van der Waals surface area contributed by atoms with E-state index in [2.05, 4.69) is 0 Å². The first-order valence-electron chi connectivity index (χ1n) is 5.35. The van der Waals surface area contributed by atoms with Gasteiger partial charge in [-0.25, -0.2) is 0 Å². The molecule has 1 rings (SSSR count). The standard InChI is InChI=1S/C11H18N2O3/c1-2-15-7-8-16-6-5-13-9-10(12)3-4-11(13)14/h3-4,9H,2,5-8,12H2,1H3. The predicted octanol–water partition coefficient (Wildman–Crippen LogP) is 0.484. The molecule has 90 valence electrons. The number of nitrogen functional groups attached to an aromatic ring is 1. The lowest BCUT2D eigenvalue weighted by molar-refractivity contribution is 0.0494. The molecule has 16 heavy (non-hydrogen) atoms. The monoisotopic (exact) mass is 226 g/mol. The summed E-state index contributed by atoms with van der Waals surface area (Å²) in [6, 6.07) is 3.05.